The van der Waals surface area contributed by atoms with Crippen LogP contribution in [0.25, 0.3) is 5.70 Å². The molecule has 21 heavy (non-hydrogen) atoms. The highest BCUT2D eigenvalue weighted by atomic mass is 15.3. The predicted molar refractivity (Wildman–Crippen MR) is 86.0 cm³/mol. The summed E-state index contributed by atoms with van der Waals surface area (Å²) >= 11 is 0. The van der Waals surface area contributed by atoms with Crippen LogP contribution in [-0.4, -0.2) is 32.3 Å². The van der Waals surface area contributed by atoms with Crippen LogP contribution in [0.4, 0.5) is 0 Å². The van der Waals surface area contributed by atoms with Crippen molar-refractivity contribution in [1.82, 2.24) is 20.4 Å². The molecule has 0 saturated carbocycles. The predicted octanol–water partition coefficient (Wildman–Crippen LogP) is 2.56. The van der Waals surface area contributed by atoms with E-state index in [1.165, 1.54) is 12.4 Å². The molecule has 1 aromatic heterocycles. The van der Waals surface area contributed by atoms with Crippen LogP contribution in [-0.2, 0) is 0 Å². The van der Waals surface area contributed by atoms with Crippen LogP contribution >= 0.6 is 0 Å². The number of allylic oxidation sites excluding steroid dienone is 5. The number of hydrogen-bond donors (Lipinski definition) is 0. The van der Waals surface area contributed by atoms with Gasteiger partial charge < -0.3 is 0 Å². The molecule has 0 saturated heterocycles. The van der Waals surface area contributed by atoms with Crippen molar-refractivity contribution in [3.8, 4) is 0 Å². The third-order valence-corrected chi connectivity index (χ3v) is 2.09. The van der Waals surface area contributed by atoms with Crippen LogP contribution in [0.2, 0.25) is 0 Å². The number of rotatable bonds is 7. The molecule has 0 atom stereocenters. The lowest BCUT2D eigenvalue weighted by Crippen LogP contribution is -2.09. The largest absolute Gasteiger partial charge is 0.253 e. The zero-order chi connectivity index (χ0) is 15.5. The molecule has 0 unspecified atom stereocenters. The maximum atomic E-state index is 4.13. The van der Waals surface area contributed by atoms with Gasteiger partial charge in [0.1, 0.15) is 11.4 Å². The first-order chi connectivity index (χ1) is 10.3. The minimum atomic E-state index is 0.287. The maximum Gasteiger partial charge on any atom is 0.221 e. The summed E-state index contributed by atoms with van der Waals surface area (Å²) in [4.78, 5) is 8.19. The third-order valence-electron chi connectivity index (χ3n) is 2.09. The molecule has 0 aliphatic carbocycles. The highest BCUT2D eigenvalue weighted by molar-refractivity contribution is 6.06. The van der Waals surface area contributed by atoms with Crippen LogP contribution < -0.4 is 0 Å². The highest BCUT2D eigenvalue weighted by Gasteiger charge is 2.08. The summed E-state index contributed by atoms with van der Waals surface area (Å²) < 4.78 is 0. The molecule has 6 nitrogen and oxygen atoms in total. The minimum Gasteiger partial charge on any atom is -0.253 e. The van der Waals surface area contributed by atoms with Gasteiger partial charge in [0.25, 0.3) is 0 Å². The van der Waals surface area contributed by atoms with Gasteiger partial charge >= 0.3 is 0 Å². The molecule has 0 amide bonds. The first kappa shape index (κ1) is 16.0. The zero-order valence-electron chi connectivity index (χ0n) is 11.8. The average molecular weight is 280 g/mol. The van der Waals surface area contributed by atoms with Gasteiger partial charge in [-0.3, -0.25) is 9.98 Å². The van der Waals surface area contributed by atoms with Crippen molar-refractivity contribution < 1.29 is 0 Å². The summed E-state index contributed by atoms with van der Waals surface area (Å²) in [7, 11) is 0. The van der Waals surface area contributed by atoms with E-state index in [2.05, 4.69) is 50.1 Å². The molecular weight excluding hydrogens is 264 g/mol. The van der Waals surface area contributed by atoms with Crippen LogP contribution in [0.3, 0.4) is 0 Å². The van der Waals surface area contributed by atoms with E-state index in [4.69, 9.17) is 0 Å². The molecule has 1 rings (SSSR count). The lowest BCUT2D eigenvalue weighted by atomic mass is 10.3. The molecule has 0 aliphatic rings. The normalized spacial score (nSPS) is 12.8. The van der Waals surface area contributed by atoms with Gasteiger partial charge in [0.05, 0.1) is 0 Å². The summed E-state index contributed by atoms with van der Waals surface area (Å²) in [5.41, 5.74) is 1.02. The van der Waals surface area contributed by atoms with E-state index in [1.54, 1.807) is 24.3 Å². The van der Waals surface area contributed by atoms with E-state index < -0.39 is 0 Å². The molecule has 0 spiro atoms. The van der Waals surface area contributed by atoms with Gasteiger partial charge in [-0.1, -0.05) is 38.0 Å². The van der Waals surface area contributed by atoms with Gasteiger partial charge in [0, 0.05) is 12.4 Å². The molecule has 1 heterocycles. The van der Waals surface area contributed by atoms with E-state index in [9.17, 15) is 0 Å². The lowest BCUT2D eigenvalue weighted by molar-refractivity contribution is 0.819. The van der Waals surface area contributed by atoms with Crippen molar-refractivity contribution in [3.63, 3.8) is 0 Å². The van der Waals surface area contributed by atoms with Crippen molar-refractivity contribution in [2.24, 2.45) is 9.98 Å². The van der Waals surface area contributed by atoms with Crippen LogP contribution in [0.15, 0.2) is 66.3 Å². The van der Waals surface area contributed by atoms with Crippen molar-refractivity contribution in [2.75, 3.05) is 0 Å². The Labute approximate surface area is 123 Å². The Morgan fingerprint density at radius 1 is 1.00 bits per heavy atom. The molecule has 0 fully saturated rings. The Balaban J connectivity index is 3.16. The molecule has 0 radical (unpaired) electrons. The molecule has 6 heteroatoms. The first-order valence-corrected chi connectivity index (χ1v) is 6.14. The van der Waals surface area contributed by atoms with Crippen molar-refractivity contribution in [3.05, 3.63) is 68.0 Å². The summed E-state index contributed by atoms with van der Waals surface area (Å²) in [5, 5.41) is 16.0. The standard InChI is InChI=1S/C15H16N6/c1-5-9-12(16-8-4)14-18-20-15(21-19-14)13(10-6-2)17-11-7-3/h5-11H,2-4H2,1H3/b9-5-,13-10-,16-12?,17-11?. The number of hydrogen-bond acceptors (Lipinski definition) is 6. The number of aromatic nitrogens is 4. The molecule has 0 aromatic carbocycles. The Kier molecular flexibility index (Phi) is 6.85. The summed E-state index contributed by atoms with van der Waals surface area (Å²) in [6.45, 7) is 12.6. The van der Waals surface area contributed by atoms with E-state index >= 15 is 0 Å². The average Bonchev–Trinajstić information content (AvgIpc) is 2.51. The zero-order valence-corrected chi connectivity index (χ0v) is 11.8. The second-order valence-electron chi connectivity index (χ2n) is 3.55. The number of nitrogens with zero attached hydrogens (tertiary/aromatic N) is 6. The van der Waals surface area contributed by atoms with Gasteiger partial charge in [-0.2, -0.15) is 0 Å². The van der Waals surface area contributed by atoms with E-state index in [-0.39, 0.29) is 5.82 Å². The van der Waals surface area contributed by atoms with Crippen LogP contribution in [0, 0.1) is 0 Å². The molecule has 0 aliphatic heterocycles. The fraction of sp³-hybridized carbons (Fsp3) is 0.0667. The van der Waals surface area contributed by atoms with Gasteiger partial charge in [-0.05, 0) is 19.1 Å². The Morgan fingerprint density at radius 3 is 2.19 bits per heavy atom. The maximum absolute atomic E-state index is 4.13. The van der Waals surface area contributed by atoms with Gasteiger partial charge in [-0.15, -0.1) is 20.4 Å². The fourth-order valence-electron chi connectivity index (χ4n) is 1.29. The van der Waals surface area contributed by atoms with Gasteiger partial charge in [0.2, 0.25) is 11.6 Å². The van der Waals surface area contributed by atoms with E-state index in [0.717, 1.165) is 0 Å². The van der Waals surface area contributed by atoms with E-state index in [0.29, 0.717) is 17.2 Å². The minimum absolute atomic E-state index is 0.287. The summed E-state index contributed by atoms with van der Waals surface area (Å²) in [5.74, 6) is 0.595. The van der Waals surface area contributed by atoms with Crippen molar-refractivity contribution >= 4 is 17.6 Å². The first-order valence-electron chi connectivity index (χ1n) is 6.14. The van der Waals surface area contributed by atoms with Crippen molar-refractivity contribution in [2.45, 2.75) is 6.92 Å². The monoisotopic (exact) mass is 280 g/mol. The SMILES string of the molecule is C=CC=N/C(=C\C=C)c1nnc(C(/C=C\C)=NC=C)nn1. The molecule has 1 aromatic rings. The molecule has 0 N–H and O–H groups in total. The van der Waals surface area contributed by atoms with Crippen molar-refractivity contribution in [1.29, 1.82) is 0 Å². The van der Waals surface area contributed by atoms with Gasteiger partial charge in [-0.25, -0.2) is 0 Å². The lowest BCUT2D eigenvalue weighted by Gasteiger charge is -2.00. The Morgan fingerprint density at radius 2 is 1.67 bits per heavy atom. The van der Waals surface area contributed by atoms with Crippen LogP contribution in [0.5, 0.6) is 0 Å². The highest BCUT2D eigenvalue weighted by Crippen LogP contribution is 2.09. The second-order valence-corrected chi connectivity index (χ2v) is 3.55. The molecule has 0 bridgehead atoms. The molecule has 106 valence electrons. The smallest absolute Gasteiger partial charge is 0.221 e. The summed E-state index contributed by atoms with van der Waals surface area (Å²) in [6, 6.07) is 0. The molecular formula is C15H16N6. The topological polar surface area (TPSA) is 76.3 Å². The van der Waals surface area contributed by atoms with E-state index in [1.807, 2.05) is 13.0 Å². The fourth-order valence-corrected chi connectivity index (χ4v) is 1.29. The quantitative estimate of drug-likeness (QED) is 0.568. The summed E-state index contributed by atoms with van der Waals surface area (Å²) in [6.07, 6.45) is 11.3. The Hall–Kier alpha value is -3.02. The van der Waals surface area contributed by atoms with Gasteiger partial charge in [0.15, 0.2) is 0 Å². The van der Waals surface area contributed by atoms with Crippen LogP contribution in [0.1, 0.15) is 18.6 Å². The number of aliphatic imine (C=N–C) groups is 2. The second kappa shape index (κ2) is 8.98. The Bertz CT molecular complexity index is 620. The third kappa shape index (κ3) is 4.87.